The van der Waals surface area contributed by atoms with E-state index in [4.69, 9.17) is 9.42 Å². The second kappa shape index (κ2) is 7.38. The number of hydrogen-bond acceptors (Lipinski definition) is 3. The molecule has 0 spiro atoms. The van der Waals surface area contributed by atoms with E-state index in [0.717, 1.165) is 33.2 Å². The fraction of sp³-hybridized carbons (Fsp3) is 0.190. The third kappa shape index (κ3) is 4.47. The Kier molecular flexibility index (Phi) is 5.21. The molecule has 3 aromatic rings. The summed E-state index contributed by atoms with van der Waals surface area (Å²) in [6.07, 6.45) is 0. The molecule has 0 bridgehead atoms. The van der Waals surface area contributed by atoms with E-state index in [1.165, 1.54) is 0 Å². The van der Waals surface area contributed by atoms with Gasteiger partial charge in [0.1, 0.15) is 11.4 Å². The summed E-state index contributed by atoms with van der Waals surface area (Å²) in [7, 11) is -1.72. The van der Waals surface area contributed by atoms with Gasteiger partial charge in [-0.05, 0) is 49.6 Å². The summed E-state index contributed by atoms with van der Waals surface area (Å²) in [4.78, 5) is 6.24. The lowest BCUT2D eigenvalue weighted by Gasteiger charge is -2.21. The molecule has 3 rings (SSSR count). The van der Waals surface area contributed by atoms with E-state index in [0.29, 0.717) is 0 Å². The maximum atomic E-state index is 6.30. The van der Waals surface area contributed by atoms with E-state index in [1.54, 1.807) is 11.3 Å². The van der Waals surface area contributed by atoms with Gasteiger partial charge in [-0.1, -0.05) is 48.5 Å². The average molecular weight is 366 g/mol. The highest BCUT2D eigenvalue weighted by molar-refractivity contribution is 7.12. The molecule has 0 aliphatic heterocycles. The maximum Gasteiger partial charge on any atom is 0.242 e. The first kappa shape index (κ1) is 17.6. The van der Waals surface area contributed by atoms with Crippen LogP contribution in [0.1, 0.15) is 16.0 Å². The zero-order valence-corrected chi connectivity index (χ0v) is 16.9. The topological polar surface area (TPSA) is 21.6 Å². The molecule has 4 heteroatoms. The standard InChI is InChI=1S/C21H23NOSSi/c1-16-10-8-13-18(23-25(2,3)4)20(16)22-21(19-14-9-15-24-19)17-11-6-5-7-12-17/h5-15H,1-4H3. The molecule has 0 N–H and O–H groups in total. The zero-order valence-electron chi connectivity index (χ0n) is 15.1. The molecular formula is C21H23NOSSi. The minimum atomic E-state index is -1.72. The molecule has 0 saturated heterocycles. The van der Waals surface area contributed by atoms with E-state index < -0.39 is 8.32 Å². The third-order valence-corrected chi connectivity index (χ3v) is 5.35. The van der Waals surface area contributed by atoms with Crippen molar-refractivity contribution in [3.8, 4) is 5.75 Å². The van der Waals surface area contributed by atoms with E-state index in [1.807, 2.05) is 18.2 Å². The Bertz CT molecular complexity index is 865. The molecule has 0 atom stereocenters. The predicted octanol–water partition coefficient (Wildman–Crippen LogP) is 6.44. The molecule has 0 fully saturated rings. The Morgan fingerprint density at radius 3 is 2.32 bits per heavy atom. The lowest BCUT2D eigenvalue weighted by Crippen LogP contribution is -2.29. The highest BCUT2D eigenvalue weighted by atomic mass is 32.1. The van der Waals surface area contributed by atoms with Gasteiger partial charge in [-0.2, -0.15) is 0 Å². The van der Waals surface area contributed by atoms with Crippen LogP contribution in [0.4, 0.5) is 5.69 Å². The maximum absolute atomic E-state index is 6.30. The Balaban J connectivity index is 2.16. The molecule has 2 nitrogen and oxygen atoms in total. The number of rotatable bonds is 5. The summed E-state index contributed by atoms with van der Waals surface area (Å²) >= 11 is 1.71. The van der Waals surface area contributed by atoms with E-state index in [2.05, 4.69) is 74.4 Å². The van der Waals surface area contributed by atoms with Crippen molar-refractivity contribution in [2.75, 3.05) is 0 Å². The van der Waals surface area contributed by atoms with Crippen LogP contribution < -0.4 is 4.43 Å². The summed E-state index contributed by atoms with van der Waals surface area (Å²) in [6, 6.07) is 20.7. The Hall–Kier alpha value is -2.17. The molecule has 1 heterocycles. The second-order valence-electron chi connectivity index (χ2n) is 6.94. The van der Waals surface area contributed by atoms with Crippen LogP contribution in [-0.2, 0) is 0 Å². The SMILES string of the molecule is Cc1cccc(O[Si](C)(C)C)c1N=C(c1ccccc1)c1cccs1. The quantitative estimate of drug-likeness (QED) is 0.376. The van der Waals surface area contributed by atoms with Crippen LogP contribution in [0.15, 0.2) is 71.0 Å². The molecule has 0 radical (unpaired) electrons. The van der Waals surface area contributed by atoms with Crippen LogP contribution in [0.25, 0.3) is 0 Å². The number of benzene rings is 2. The van der Waals surface area contributed by atoms with Gasteiger partial charge in [0.2, 0.25) is 8.32 Å². The average Bonchev–Trinajstić information content (AvgIpc) is 3.08. The first-order chi connectivity index (χ1) is 11.9. The summed E-state index contributed by atoms with van der Waals surface area (Å²) in [5, 5.41) is 2.09. The van der Waals surface area contributed by atoms with Gasteiger partial charge in [0, 0.05) is 5.56 Å². The minimum Gasteiger partial charge on any atom is -0.543 e. The fourth-order valence-electron chi connectivity index (χ4n) is 2.57. The number of nitrogens with zero attached hydrogens (tertiary/aromatic N) is 1. The van der Waals surface area contributed by atoms with Crippen molar-refractivity contribution >= 4 is 31.1 Å². The van der Waals surface area contributed by atoms with Crippen molar-refractivity contribution in [1.29, 1.82) is 0 Å². The highest BCUT2D eigenvalue weighted by Crippen LogP contribution is 2.34. The van der Waals surface area contributed by atoms with Gasteiger partial charge < -0.3 is 4.43 Å². The van der Waals surface area contributed by atoms with Gasteiger partial charge in [-0.15, -0.1) is 11.3 Å². The summed E-state index contributed by atoms with van der Waals surface area (Å²) in [6.45, 7) is 8.67. The van der Waals surface area contributed by atoms with Crippen molar-refractivity contribution < 1.29 is 4.43 Å². The van der Waals surface area contributed by atoms with Crippen molar-refractivity contribution in [2.45, 2.75) is 26.6 Å². The lowest BCUT2D eigenvalue weighted by molar-refractivity contribution is 0.558. The largest absolute Gasteiger partial charge is 0.543 e. The molecule has 0 unspecified atom stereocenters. The molecule has 0 aliphatic carbocycles. The first-order valence-corrected chi connectivity index (χ1v) is 12.7. The van der Waals surface area contributed by atoms with Gasteiger partial charge in [0.25, 0.3) is 0 Å². The molecular weight excluding hydrogens is 342 g/mol. The number of para-hydroxylation sites is 1. The van der Waals surface area contributed by atoms with Gasteiger partial charge in [-0.25, -0.2) is 4.99 Å². The molecule has 1 aromatic heterocycles. The summed E-state index contributed by atoms with van der Waals surface area (Å²) in [5.74, 6) is 0.879. The van der Waals surface area contributed by atoms with Crippen LogP contribution in [0.2, 0.25) is 19.6 Å². The first-order valence-electron chi connectivity index (χ1n) is 8.41. The monoisotopic (exact) mass is 365 g/mol. The van der Waals surface area contributed by atoms with E-state index in [-0.39, 0.29) is 0 Å². The van der Waals surface area contributed by atoms with Crippen LogP contribution in [0.5, 0.6) is 5.75 Å². The number of aliphatic imine (C=N–C) groups is 1. The number of thiophene rings is 1. The van der Waals surface area contributed by atoms with Crippen molar-refractivity contribution in [1.82, 2.24) is 0 Å². The third-order valence-electron chi connectivity index (χ3n) is 3.64. The van der Waals surface area contributed by atoms with Crippen LogP contribution in [0.3, 0.4) is 0 Å². The molecule has 25 heavy (non-hydrogen) atoms. The van der Waals surface area contributed by atoms with Gasteiger partial charge in [0.05, 0.1) is 10.6 Å². The minimum absolute atomic E-state index is 0.879. The van der Waals surface area contributed by atoms with Gasteiger partial charge in [0.15, 0.2) is 0 Å². The smallest absolute Gasteiger partial charge is 0.242 e. The molecule has 0 aliphatic rings. The van der Waals surface area contributed by atoms with Crippen LogP contribution >= 0.6 is 11.3 Å². The Morgan fingerprint density at radius 2 is 1.68 bits per heavy atom. The second-order valence-corrected chi connectivity index (χ2v) is 12.3. The Morgan fingerprint density at radius 1 is 0.920 bits per heavy atom. The molecule has 0 amide bonds. The summed E-state index contributed by atoms with van der Waals surface area (Å²) < 4.78 is 6.30. The van der Waals surface area contributed by atoms with E-state index in [9.17, 15) is 0 Å². The highest BCUT2D eigenvalue weighted by Gasteiger charge is 2.19. The fourth-order valence-corrected chi connectivity index (χ4v) is 4.13. The van der Waals surface area contributed by atoms with Crippen molar-refractivity contribution in [3.05, 3.63) is 82.0 Å². The normalized spacial score (nSPS) is 12.2. The van der Waals surface area contributed by atoms with Crippen LogP contribution in [-0.4, -0.2) is 14.0 Å². The molecule has 2 aromatic carbocycles. The molecule has 128 valence electrons. The lowest BCUT2D eigenvalue weighted by atomic mass is 10.1. The number of hydrogen-bond donors (Lipinski definition) is 0. The van der Waals surface area contributed by atoms with Crippen LogP contribution in [0, 0.1) is 6.92 Å². The van der Waals surface area contributed by atoms with Gasteiger partial charge in [-0.3, -0.25) is 0 Å². The van der Waals surface area contributed by atoms with Gasteiger partial charge >= 0.3 is 0 Å². The van der Waals surface area contributed by atoms with E-state index >= 15 is 0 Å². The number of aryl methyl sites for hydroxylation is 1. The predicted molar refractivity (Wildman–Crippen MR) is 111 cm³/mol. The summed E-state index contributed by atoms with van der Waals surface area (Å²) in [5.41, 5.74) is 4.16. The molecule has 0 saturated carbocycles. The zero-order chi connectivity index (χ0) is 17.9. The van der Waals surface area contributed by atoms with Crippen molar-refractivity contribution in [3.63, 3.8) is 0 Å². The Labute approximate surface area is 155 Å². The van der Waals surface area contributed by atoms with Crippen molar-refractivity contribution in [2.24, 2.45) is 4.99 Å².